The van der Waals surface area contributed by atoms with Gasteiger partial charge in [0.15, 0.2) is 0 Å². The smallest absolute Gasteiger partial charge is 0.378 e. The zero-order valence-electron chi connectivity index (χ0n) is 16.8. The highest BCUT2D eigenvalue weighted by Gasteiger charge is 2.49. The maximum absolute atomic E-state index is 14.5. The fraction of sp³-hybridized carbons (Fsp3) is 0.700. The molecule has 174 valence electrons. The third kappa shape index (κ3) is 5.78. The minimum absolute atomic E-state index is 0.0523. The van der Waals surface area contributed by atoms with Crippen LogP contribution >= 0.6 is 11.6 Å². The van der Waals surface area contributed by atoms with E-state index in [-0.39, 0.29) is 18.5 Å². The maximum Gasteiger partial charge on any atom is 0.391 e. The molecule has 2 fully saturated rings. The minimum Gasteiger partial charge on any atom is -0.378 e. The number of carbonyl (C=O) groups excluding carboxylic acids is 1. The highest BCUT2D eigenvalue weighted by molar-refractivity contribution is 6.21. The summed E-state index contributed by atoms with van der Waals surface area (Å²) >= 11 is 6.19. The Balaban J connectivity index is 1.75. The number of carbonyl (C=O) groups is 1. The van der Waals surface area contributed by atoms with Crippen molar-refractivity contribution in [1.82, 2.24) is 4.98 Å². The van der Waals surface area contributed by atoms with E-state index in [4.69, 9.17) is 21.1 Å². The van der Waals surface area contributed by atoms with Crippen LogP contribution in [0.3, 0.4) is 0 Å². The molecule has 1 aromatic heterocycles. The molecule has 2 saturated carbocycles. The summed E-state index contributed by atoms with van der Waals surface area (Å²) in [5, 5.41) is 1.47. The van der Waals surface area contributed by atoms with Crippen molar-refractivity contribution in [2.24, 2.45) is 11.8 Å². The van der Waals surface area contributed by atoms with Gasteiger partial charge >= 0.3 is 6.18 Å². The molecule has 1 amide bonds. The molecule has 3 rings (SSSR count). The molecule has 31 heavy (non-hydrogen) atoms. The number of hydrogen-bond donors (Lipinski definition) is 2. The van der Waals surface area contributed by atoms with Crippen LogP contribution in [0.5, 0.6) is 0 Å². The summed E-state index contributed by atoms with van der Waals surface area (Å²) in [4.78, 5) is 26.7. The van der Waals surface area contributed by atoms with E-state index in [0.717, 1.165) is 0 Å². The summed E-state index contributed by atoms with van der Waals surface area (Å²) in [6.45, 7) is 0. The lowest BCUT2D eigenvalue weighted by Gasteiger charge is -2.41. The SMILES string of the molecule is COC1CCC(OC2CC(C(F)(F)F)CCC2C(=O)Nc2cc[nH]c(=O)c2)C(Cl)C1F. The van der Waals surface area contributed by atoms with Gasteiger partial charge in [0.05, 0.1) is 35.5 Å². The summed E-state index contributed by atoms with van der Waals surface area (Å²) in [7, 11) is 1.37. The number of ether oxygens (including phenoxy) is 2. The van der Waals surface area contributed by atoms with Crippen LogP contribution in [0.15, 0.2) is 23.1 Å². The molecule has 0 spiro atoms. The molecular weight excluding hydrogens is 444 g/mol. The quantitative estimate of drug-likeness (QED) is 0.509. The van der Waals surface area contributed by atoms with E-state index in [1.807, 2.05) is 0 Å². The molecule has 1 aromatic rings. The van der Waals surface area contributed by atoms with Gasteiger partial charge < -0.3 is 19.8 Å². The predicted octanol–water partition coefficient (Wildman–Crippen LogP) is 3.80. The zero-order chi connectivity index (χ0) is 22.8. The Morgan fingerprint density at radius 2 is 1.90 bits per heavy atom. The zero-order valence-corrected chi connectivity index (χ0v) is 17.6. The first-order valence-corrected chi connectivity index (χ1v) is 10.6. The Morgan fingerprint density at radius 1 is 1.19 bits per heavy atom. The molecule has 0 bridgehead atoms. The van der Waals surface area contributed by atoms with E-state index in [1.54, 1.807) is 0 Å². The highest BCUT2D eigenvalue weighted by Crippen LogP contribution is 2.42. The number of methoxy groups -OCH3 is 1. The van der Waals surface area contributed by atoms with Crippen LogP contribution in [0, 0.1) is 11.8 Å². The van der Waals surface area contributed by atoms with Crippen molar-refractivity contribution in [2.45, 2.75) is 68.1 Å². The van der Waals surface area contributed by atoms with Crippen molar-refractivity contribution < 1.29 is 31.8 Å². The first-order chi connectivity index (χ1) is 14.6. The van der Waals surface area contributed by atoms with Crippen LogP contribution in [0.2, 0.25) is 0 Å². The maximum atomic E-state index is 14.5. The number of aromatic nitrogens is 1. The van der Waals surface area contributed by atoms with E-state index in [9.17, 15) is 27.2 Å². The number of pyridine rings is 1. The Hall–Kier alpha value is -1.65. The number of hydrogen-bond acceptors (Lipinski definition) is 4. The number of nitrogens with one attached hydrogen (secondary N) is 2. The average Bonchev–Trinajstić information content (AvgIpc) is 2.71. The number of amides is 1. The number of halogens is 5. The summed E-state index contributed by atoms with van der Waals surface area (Å²) in [6.07, 6.45) is -7.30. The largest absolute Gasteiger partial charge is 0.391 e. The normalized spacial score (nSPS) is 34.3. The Bertz CT molecular complexity index is 821. The monoisotopic (exact) mass is 468 g/mol. The average molecular weight is 469 g/mol. The highest BCUT2D eigenvalue weighted by atomic mass is 35.5. The van der Waals surface area contributed by atoms with E-state index in [1.165, 1.54) is 25.4 Å². The third-order valence-electron chi connectivity index (χ3n) is 6.04. The van der Waals surface area contributed by atoms with Crippen LogP contribution in [0.25, 0.3) is 0 Å². The summed E-state index contributed by atoms with van der Waals surface area (Å²) in [6, 6.07) is 2.63. The van der Waals surface area contributed by atoms with Gasteiger partial charge in [0.2, 0.25) is 11.5 Å². The Kier molecular flexibility index (Phi) is 7.64. The van der Waals surface area contributed by atoms with Crippen LogP contribution in [0.4, 0.5) is 23.2 Å². The van der Waals surface area contributed by atoms with Gasteiger partial charge in [-0.15, -0.1) is 11.6 Å². The van der Waals surface area contributed by atoms with Gasteiger partial charge in [-0.2, -0.15) is 13.2 Å². The van der Waals surface area contributed by atoms with Crippen molar-refractivity contribution >= 4 is 23.2 Å². The topological polar surface area (TPSA) is 80.4 Å². The molecule has 0 radical (unpaired) electrons. The van der Waals surface area contributed by atoms with Crippen LogP contribution < -0.4 is 10.9 Å². The van der Waals surface area contributed by atoms with Crippen molar-refractivity contribution in [3.8, 4) is 0 Å². The first-order valence-electron chi connectivity index (χ1n) is 10.1. The molecule has 2 aliphatic carbocycles. The van der Waals surface area contributed by atoms with Gasteiger partial charge in [-0.05, 0) is 38.2 Å². The predicted molar refractivity (Wildman–Crippen MR) is 106 cm³/mol. The molecule has 1 heterocycles. The Labute approximate surface area is 181 Å². The summed E-state index contributed by atoms with van der Waals surface area (Å²) in [5.74, 6) is -3.06. The second-order valence-corrected chi connectivity index (χ2v) is 8.55. The molecule has 7 unspecified atom stereocenters. The van der Waals surface area contributed by atoms with Crippen molar-refractivity contribution in [1.29, 1.82) is 0 Å². The molecule has 0 aromatic carbocycles. The number of anilines is 1. The lowest BCUT2D eigenvalue weighted by Crippen LogP contribution is -2.50. The number of H-pyrrole nitrogens is 1. The fourth-order valence-corrected chi connectivity index (χ4v) is 4.65. The van der Waals surface area contributed by atoms with Crippen molar-refractivity contribution in [3.63, 3.8) is 0 Å². The Morgan fingerprint density at radius 3 is 2.55 bits per heavy atom. The van der Waals surface area contributed by atoms with Crippen LogP contribution in [-0.2, 0) is 14.3 Å². The van der Waals surface area contributed by atoms with Gasteiger partial charge in [0.25, 0.3) is 0 Å². The van der Waals surface area contributed by atoms with Crippen LogP contribution in [0.1, 0.15) is 32.1 Å². The van der Waals surface area contributed by atoms with Gasteiger partial charge in [0.1, 0.15) is 6.17 Å². The lowest BCUT2D eigenvalue weighted by atomic mass is 9.78. The van der Waals surface area contributed by atoms with Gasteiger partial charge in [-0.1, -0.05) is 0 Å². The minimum atomic E-state index is -4.42. The number of rotatable bonds is 5. The van der Waals surface area contributed by atoms with Crippen molar-refractivity contribution in [2.75, 3.05) is 12.4 Å². The lowest BCUT2D eigenvalue weighted by molar-refractivity contribution is -0.204. The van der Waals surface area contributed by atoms with Gasteiger partial charge in [-0.3, -0.25) is 9.59 Å². The molecule has 2 N–H and O–H groups in total. The standard InChI is InChI=1S/C20H25ClF4N2O4/c1-30-14-5-4-13(17(21)18(14)22)31-15-8-10(20(23,24)25)2-3-12(15)19(29)27-11-6-7-26-16(28)9-11/h6-7,9-10,12-15,17-18H,2-5,8H2,1H3,(H2,26,27,28,29). The summed E-state index contributed by atoms with van der Waals surface area (Å²) < 4.78 is 65.4. The third-order valence-corrected chi connectivity index (χ3v) is 6.56. The van der Waals surface area contributed by atoms with Crippen LogP contribution in [-0.4, -0.2) is 54.0 Å². The molecule has 7 atom stereocenters. The van der Waals surface area contributed by atoms with Crippen molar-refractivity contribution in [3.05, 3.63) is 28.7 Å². The van der Waals surface area contributed by atoms with Gasteiger partial charge in [-0.25, -0.2) is 4.39 Å². The molecule has 0 aliphatic heterocycles. The summed E-state index contributed by atoms with van der Waals surface area (Å²) in [5.41, 5.74) is -0.203. The van der Waals surface area contributed by atoms with E-state index >= 15 is 0 Å². The second-order valence-electron chi connectivity index (χ2n) is 8.04. The van der Waals surface area contributed by atoms with E-state index in [2.05, 4.69) is 10.3 Å². The molecule has 0 saturated heterocycles. The first kappa shape index (κ1) is 24.0. The fourth-order valence-electron chi connectivity index (χ4n) is 4.31. The van der Waals surface area contributed by atoms with Gasteiger partial charge in [0, 0.05) is 25.1 Å². The molecular formula is C20H25ClF4N2O4. The molecule has 6 nitrogen and oxygen atoms in total. The van der Waals surface area contributed by atoms with E-state index < -0.39 is 65.8 Å². The molecule has 2 aliphatic rings. The number of aromatic amines is 1. The molecule has 11 heteroatoms. The second kappa shape index (κ2) is 9.87. The van der Waals surface area contributed by atoms with E-state index in [0.29, 0.717) is 12.8 Å². The number of alkyl halides is 5.